The quantitative estimate of drug-likeness (QED) is 0.845. The van der Waals surface area contributed by atoms with Crippen LogP contribution < -0.4 is 10.2 Å². The summed E-state index contributed by atoms with van der Waals surface area (Å²) in [5.41, 5.74) is 0.914. The summed E-state index contributed by atoms with van der Waals surface area (Å²) >= 11 is 0. The molecular formula is C16H27FN2. The van der Waals surface area contributed by atoms with Crippen LogP contribution >= 0.6 is 0 Å². The molecule has 1 unspecified atom stereocenters. The lowest BCUT2D eigenvalue weighted by molar-refractivity contribution is 0.269. The molecule has 2 nitrogen and oxygen atoms in total. The Morgan fingerprint density at radius 1 is 1.26 bits per heavy atom. The van der Waals surface area contributed by atoms with Gasteiger partial charge in [-0.15, -0.1) is 0 Å². The predicted octanol–water partition coefficient (Wildman–Crippen LogP) is 3.68. The maximum atomic E-state index is 13.8. The predicted molar refractivity (Wildman–Crippen MR) is 81.2 cm³/mol. The first-order valence-corrected chi connectivity index (χ1v) is 7.07. The van der Waals surface area contributed by atoms with Gasteiger partial charge in [-0.3, -0.25) is 0 Å². The van der Waals surface area contributed by atoms with Crippen molar-refractivity contribution in [1.82, 2.24) is 5.32 Å². The van der Waals surface area contributed by atoms with Gasteiger partial charge in [-0.05, 0) is 37.9 Å². The zero-order chi connectivity index (χ0) is 14.5. The highest BCUT2D eigenvalue weighted by molar-refractivity contribution is 5.47. The molecule has 1 N–H and O–H groups in total. The zero-order valence-corrected chi connectivity index (χ0v) is 12.8. The summed E-state index contributed by atoms with van der Waals surface area (Å²) in [5, 5.41) is 3.37. The fourth-order valence-corrected chi connectivity index (χ4v) is 2.45. The van der Waals surface area contributed by atoms with Crippen molar-refractivity contribution in [3.05, 3.63) is 30.1 Å². The topological polar surface area (TPSA) is 15.3 Å². The molecule has 0 spiro atoms. The number of hydrogen-bond donors (Lipinski definition) is 1. The molecule has 0 bridgehead atoms. The maximum Gasteiger partial charge on any atom is 0.146 e. The van der Waals surface area contributed by atoms with Crippen LogP contribution in [0.2, 0.25) is 0 Å². The van der Waals surface area contributed by atoms with Crippen LogP contribution in [0.3, 0.4) is 0 Å². The van der Waals surface area contributed by atoms with Gasteiger partial charge in [0, 0.05) is 19.1 Å². The lowest BCUT2D eigenvalue weighted by Gasteiger charge is -2.33. The molecular weight excluding hydrogens is 239 g/mol. The molecule has 0 aromatic heterocycles. The molecule has 108 valence electrons. The van der Waals surface area contributed by atoms with Gasteiger partial charge in [-0.2, -0.15) is 0 Å². The van der Waals surface area contributed by atoms with Crippen LogP contribution in [0.4, 0.5) is 10.1 Å². The Bertz CT molecular complexity index is 385. The molecule has 0 fully saturated rings. The minimum Gasteiger partial charge on any atom is -0.369 e. The van der Waals surface area contributed by atoms with Gasteiger partial charge in [0.2, 0.25) is 0 Å². The van der Waals surface area contributed by atoms with E-state index < -0.39 is 0 Å². The highest BCUT2D eigenvalue weighted by atomic mass is 19.1. The van der Waals surface area contributed by atoms with Gasteiger partial charge in [0.05, 0.1) is 5.69 Å². The van der Waals surface area contributed by atoms with E-state index in [0.29, 0.717) is 11.7 Å². The van der Waals surface area contributed by atoms with E-state index in [0.717, 1.165) is 19.5 Å². The number of halogens is 1. The van der Waals surface area contributed by atoms with Gasteiger partial charge < -0.3 is 10.2 Å². The summed E-state index contributed by atoms with van der Waals surface area (Å²) in [7, 11) is 2.00. The van der Waals surface area contributed by atoms with Crippen LogP contribution in [0, 0.1) is 11.2 Å². The van der Waals surface area contributed by atoms with Crippen LogP contribution in [-0.4, -0.2) is 26.2 Å². The molecule has 0 radical (unpaired) electrons. The molecule has 0 amide bonds. The molecule has 1 aromatic carbocycles. The third kappa shape index (κ3) is 4.50. The average molecular weight is 266 g/mol. The number of nitrogens with zero attached hydrogens (tertiary/aromatic N) is 1. The van der Waals surface area contributed by atoms with E-state index in [4.69, 9.17) is 0 Å². The first-order valence-electron chi connectivity index (χ1n) is 7.07. The molecule has 1 atom stereocenters. The Hall–Kier alpha value is -1.09. The van der Waals surface area contributed by atoms with Gasteiger partial charge >= 0.3 is 0 Å². The van der Waals surface area contributed by atoms with Crippen LogP contribution in [0.15, 0.2) is 24.3 Å². The summed E-state index contributed by atoms with van der Waals surface area (Å²) in [6, 6.07) is 7.42. The van der Waals surface area contributed by atoms with E-state index in [-0.39, 0.29) is 11.2 Å². The summed E-state index contributed by atoms with van der Waals surface area (Å²) in [5.74, 6) is -0.138. The van der Waals surface area contributed by atoms with Gasteiger partial charge in [-0.1, -0.05) is 32.9 Å². The zero-order valence-electron chi connectivity index (χ0n) is 12.8. The summed E-state index contributed by atoms with van der Waals surface area (Å²) in [4.78, 5) is 2.10. The van der Waals surface area contributed by atoms with Crippen molar-refractivity contribution < 1.29 is 4.39 Å². The molecule has 19 heavy (non-hydrogen) atoms. The van der Waals surface area contributed by atoms with Crippen molar-refractivity contribution in [3.8, 4) is 0 Å². The van der Waals surface area contributed by atoms with Crippen molar-refractivity contribution in [2.75, 3.05) is 25.0 Å². The molecule has 0 aliphatic rings. The van der Waals surface area contributed by atoms with E-state index in [9.17, 15) is 4.39 Å². The molecule has 0 saturated carbocycles. The Kier molecular flexibility index (Phi) is 5.80. The Labute approximate surface area is 117 Å². The van der Waals surface area contributed by atoms with E-state index in [2.05, 4.69) is 37.9 Å². The fourth-order valence-electron chi connectivity index (χ4n) is 2.45. The first-order chi connectivity index (χ1) is 8.90. The largest absolute Gasteiger partial charge is 0.369 e. The standard InChI is InChI=1S/C16H27FN2/c1-6-19(14-10-8-7-9-13(14)17)12-11-15(18-5)16(2,3)4/h7-10,15,18H,6,11-12H2,1-5H3. The van der Waals surface area contributed by atoms with Crippen LogP contribution in [-0.2, 0) is 0 Å². The van der Waals surface area contributed by atoms with Gasteiger partial charge in [0.25, 0.3) is 0 Å². The summed E-state index contributed by atoms with van der Waals surface area (Å²) in [6.07, 6.45) is 1.00. The second kappa shape index (κ2) is 6.90. The maximum absolute atomic E-state index is 13.8. The van der Waals surface area contributed by atoms with E-state index in [1.165, 1.54) is 6.07 Å². The van der Waals surface area contributed by atoms with Crippen LogP contribution in [0.5, 0.6) is 0 Å². The van der Waals surface area contributed by atoms with E-state index >= 15 is 0 Å². The SMILES string of the molecule is CCN(CCC(NC)C(C)(C)C)c1ccccc1F. The number of nitrogens with one attached hydrogen (secondary N) is 1. The van der Waals surface area contributed by atoms with Crippen molar-refractivity contribution in [2.45, 2.75) is 40.2 Å². The lowest BCUT2D eigenvalue weighted by atomic mass is 9.85. The summed E-state index contributed by atoms with van der Waals surface area (Å²) < 4.78 is 13.8. The Morgan fingerprint density at radius 2 is 1.89 bits per heavy atom. The minimum atomic E-state index is -0.138. The van der Waals surface area contributed by atoms with E-state index in [1.54, 1.807) is 6.07 Å². The minimum absolute atomic E-state index is 0.138. The Balaban J connectivity index is 2.71. The summed E-state index contributed by atoms with van der Waals surface area (Å²) in [6.45, 7) is 10.4. The smallest absolute Gasteiger partial charge is 0.146 e. The van der Waals surface area contributed by atoms with Gasteiger partial charge in [-0.25, -0.2) is 4.39 Å². The third-order valence-corrected chi connectivity index (χ3v) is 3.66. The fraction of sp³-hybridized carbons (Fsp3) is 0.625. The third-order valence-electron chi connectivity index (χ3n) is 3.66. The molecule has 1 aromatic rings. The number of hydrogen-bond acceptors (Lipinski definition) is 2. The number of para-hydroxylation sites is 1. The first kappa shape index (κ1) is 16.0. The molecule has 0 aliphatic heterocycles. The van der Waals surface area contributed by atoms with Gasteiger partial charge in [0.1, 0.15) is 5.82 Å². The lowest BCUT2D eigenvalue weighted by Crippen LogP contribution is -2.41. The number of anilines is 1. The number of benzene rings is 1. The van der Waals surface area contributed by atoms with Gasteiger partial charge in [0.15, 0.2) is 0 Å². The molecule has 0 heterocycles. The second-order valence-electron chi connectivity index (χ2n) is 6.03. The molecule has 0 aliphatic carbocycles. The highest BCUT2D eigenvalue weighted by Gasteiger charge is 2.23. The highest BCUT2D eigenvalue weighted by Crippen LogP contribution is 2.24. The van der Waals surface area contributed by atoms with Crippen molar-refractivity contribution in [3.63, 3.8) is 0 Å². The molecule has 3 heteroatoms. The van der Waals surface area contributed by atoms with Crippen molar-refractivity contribution in [1.29, 1.82) is 0 Å². The Morgan fingerprint density at radius 3 is 2.37 bits per heavy atom. The normalized spacial score (nSPS) is 13.4. The van der Waals surface area contributed by atoms with Crippen LogP contribution in [0.25, 0.3) is 0 Å². The van der Waals surface area contributed by atoms with Crippen molar-refractivity contribution in [2.24, 2.45) is 5.41 Å². The molecule has 0 saturated heterocycles. The van der Waals surface area contributed by atoms with Crippen LogP contribution in [0.1, 0.15) is 34.1 Å². The van der Waals surface area contributed by atoms with Crippen molar-refractivity contribution >= 4 is 5.69 Å². The number of rotatable bonds is 6. The van der Waals surface area contributed by atoms with E-state index in [1.807, 2.05) is 19.2 Å². The monoisotopic (exact) mass is 266 g/mol. The molecule has 1 rings (SSSR count). The average Bonchev–Trinajstić information content (AvgIpc) is 2.34. The second-order valence-corrected chi connectivity index (χ2v) is 6.03.